The molecule has 0 saturated heterocycles. The maximum atomic E-state index is 12.5. The molecule has 4 rings (SSSR count). The van der Waals surface area contributed by atoms with E-state index in [0.29, 0.717) is 21.8 Å². The molecule has 0 aliphatic carbocycles. The molecule has 0 spiro atoms. The third kappa shape index (κ3) is 2.97. The molecule has 6 nitrogen and oxygen atoms in total. The first-order valence-corrected chi connectivity index (χ1v) is 8.27. The zero-order valence-corrected chi connectivity index (χ0v) is 13.6. The molecular weight excluding hydrogens is 338 g/mol. The van der Waals surface area contributed by atoms with Crippen molar-refractivity contribution in [2.45, 2.75) is 5.16 Å². The number of non-ortho nitro benzene ring substituents is 1. The fraction of sp³-hybridized carbons (Fsp3) is 0. The molecule has 0 fully saturated rings. The zero-order valence-electron chi connectivity index (χ0n) is 12.8. The highest BCUT2D eigenvalue weighted by molar-refractivity contribution is 8.14. The van der Waals surface area contributed by atoms with Gasteiger partial charge >= 0.3 is 0 Å². The van der Waals surface area contributed by atoms with E-state index < -0.39 is 4.92 Å². The van der Waals surface area contributed by atoms with E-state index in [1.807, 2.05) is 36.4 Å². The predicted octanol–water partition coefficient (Wildman–Crippen LogP) is 4.56. The third-order valence-electron chi connectivity index (χ3n) is 3.83. The average Bonchev–Trinajstić information content (AvgIpc) is 3.02. The number of nitrogens with one attached hydrogen (secondary N) is 1. The molecule has 0 aliphatic rings. The number of thioether (sulfide) groups is 1. The minimum Gasteiger partial charge on any atom is -0.332 e. The van der Waals surface area contributed by atoms with Crippen molar-refractivity contribution in [3.05, 3.63) is 76.3 Å². The molecule has 0 bridgehead atoms. The van der Waals surface area contributed by atoms with Gasteiger partial charge in [-0.15, -0.1) is 0 Å². The van der Waals surface area contributed by atoms with Crippen LogP contribution in [0.2, 0.25) is 0 Å². The number of rotatable bonds is 3. The van der Waals surface area contributed by atoms with Gasteiger partial charge in [0.05, 0.1) is 16.0 Å². The number of fused-ring (bicyclic) bond motifs is 2. The third-order valence-corrected chi connectivity index (χ3v) is 4.64. The van der Waals surface area contributed by atoms with Gasteiger partial charge in [-0.1, -0.05) is 30.3 Å². The van der Waals surface area contributed by atoms with Crippen LogP contribution < -0.4 is 0 Å². The number of H-pyrrole nitrogens is 1. The summed E-state index contributed by atoms with van der Waals surface area (Å²) in [6, 6.07) is 17.7. The van der Waals surface area contributed by atoms with E-state index in [1.54, 1.807) is 12.1 Å². The second kappa shape index (κ2) is 6.03. The maximum Gasteiger partial charge on any atom is 0.271 e. The Morgan fingerprint density at radius 2 is 1.84 bits per heavy atom. The van der Waals surface area contributed by atoms with Crippen molar-refractivity contribution in [2.75, 3.05) is 0 Å². The van der Waals surface area contributed by atoms with Gasteiger partial charge in [0.25, 0.3) is 5.69 Å². The number of nitrogens with zero attached hydrogens (tertiary/aromatic N) is 2. The van der Waals surface area contributed by atoms with E-state index in [2.05, 4.69) is 9.97 Å². The van der Waals surface area contributed by atoms with Crippen LogP contribution in [0.25, 0.3) is 21.8 Å². The SMILES string of the molecule is O=C(Sc1nc2ccc([N+](=O)[O-])cc2[nH]1)c1ccc2ccccc2c1. The summed E-state index contributed by atoms with van der Waals surface area (Å²) in [5.41, 5.74) is 1.67. The first kappa shape index (κ1) is 15.3. The normalized spacial score (nSPS) is 11.0. The topological polar surface area (TPSA) is 88.9 Å². The number of nitro benzene ring substituents is 1. The summed E-state index contributed by atoms with van der Waals surface area (Å²) >= 11 is 0.970. The minimum atomic E-state index is -0.465. The van der Waals surface area contributed by atoms with Gasteiger partial charge in [0.1, 0.15) is 0 Å². The molecule has 0 amide bonds. The van der Waals surface area contributed by atoms with Crippen molar-refractivity contribution in [1.29, 1.82) is 0 Å². The number of hydrogen-bond acceptors (Lipinski definition) is 5. The van der Waals surface area contributed by atoms with Crippen LogP contribution in [0.4, 0.5) is 5.69 Å². The lowest BCUT2D eigenvalue weighted by molar-refractivity contribution is -0.384. The van der Waals surface area contributed by atoms with Crippen LogP contribution in [-0.2, 0) is 0 Å². The number of hydrogen-bond donors (Lipinski definition) is 1. The Kier molecular flexibility index (Phi) is 3.70. The second-order valence-corrected chi connectivity index (χ2v) is 6.41. The number of carbonyl (C=O) groups excluding carboxylic acids is 1. The first-order valence-electron chi connectivity index (χ1n) is 7.45. The molecule has 1 N–H and O–H groups in total. The fourth-order valence-electron chi connectivity index (χ4n) is 2.60. The number of benzene rings is 3. The molecule has 0 radical (unpaired) electrons. The van der Waals surface area contributed by atoms with E-state index in [1.165, 1.54) is 12.1 Å². The summed E-state index contributed by atoms with van der Waals surface area (Å²) < 4.78 is 0. The highest BCUT2D eigenvalue weighted by Crippen LogP contribution is 2.26. The van der Waals surface area contributed by atoms with Crippen LogP contribution in [0.15, 0.2) is 65.8 Å². The number of nitro groups is 1. The van der Waals surface area contributed by atoms with Crippen molar-refractivity contribution in [2.24, 2.45) is 0 Å². The molecular formula is C18H11N3O3S. The van der Waals surface area contributed by atoms with Crippen LogP contribution in [0.5, 0.6) is 0 Å². The molecule has 0 saturated carbocycles. The summed E-state index contributed by atoms with van der Waals surface area (Å²) in [7, 11) is 0. The van der Waals surface area contributed by atoms with Gasteiger partial charge in [0, 0.05) is 17.7 Å². The molecule has 4 aromatic rings. The fourth-order valence-corrected chi connectivity index (χ4v) is 3.32. The molecule has 3 aromatic carbocycles. The Bertz CT molecular complexity index is 1140. The lowest BCUT2D eigenvalue weighted by Gasteiger charge is -2.01. The molecule has 1 heterocycles. The predicted molar refractivity (Wildman–Crippen MR) is 96.9 cm³/mol. The minimum absolute atomic E-state index is 0.0199. The van der Waals surface area contributed by atoms with E-state index in [0.717, 1.165) is 22.5 Å². The van der Waals surface area contributed by atoms with Crippen molar-refractivity contribution < 1.29 is 9.72 Å². The van der Waals surface area contributed by atoms with Crippen molar-refractivity contribution >= 4 is 44.4 Å². The molecule has 1 aromatic heterocycles. The van der Waals surface area contributed by atoms with E-state index in [-0.39, 0.29) is 10.8 Å². The summed E-state index contributed by atoms with van der Waals surface area (Å²) in [6.45, 7) is 0. The standard InChI is InChI=1S/C18H11N3O3S/c22-17(13-6-5-11-3-1-2-4-12(11)9-13)25-18-19-15-8-7-14(21(23)24)10-16(15)20-18/h1-10H,(H,19,20). The van der Waals surface area contributed by atoms with E-state index in [9.17, 15) is 14.9 Å². The maximum absolute atomic E-state index is 12.5. The van der Waals surface area contributed by atoms with Crippen LogP contribution >= 0.6 is 11.8 Å². The van der Waals surface area contributed by atoms with Gasteiger partial charge in [-0.25, -0.2) is 4.98 Å². The van der Waals surface area contributed by atoms with Gasteiger partial charge in [-0.05, 0) is 40.7 Å². The summed E-state index contributed by atoms with van der Waals surface area (Å²) in [6.07, 6.45) is 0. The lowest BCUT2D eigenvalue weighted by atomic mass is 10.1. The van der Waals surface area contributed by atoms with E-state index >= 15 is 0 Å². The van der Waals surface area contributed by atoms with Crippen LogP contribution in [-0.4, -0.2) is 20.0 Å². The highest BCUT2D eigenvalue weighted by atomic mass is 32.2. The quantitative estimate of drug-likeness (QED) is 0.333. The van der Waals surface area contributed by atoms with Gasteiger partial charge in [-0.2, -0.15) is 0 Å². The molecule has 122 valence electrons. The Balaban J connectivity index is 1.62. The number of aromatic amines is 1. The van der Waals surface area contributed by atoms with Gasteiger partial charge in [0.2, 0.25) is 5.12 Å². The zero-order chi connectivity index (χ0) is 17.4. The number of carbonyl (C=O) groups is 1. The van der Waals surface area contributed by atoms with Crippen LogP contribution in [0.1, 0.15) is 10.4 Å². The van der Waals surface area contributed by atoms with Gasteiger partial charge in [0.15, 0.2) is 5.16 Å². The summed E-state index contributed by atoms with van der Waals surface area (Å²) in [5.74, 6) is 0. The molecule has 0 atom stereocenters. The Labute approximate surface area is 146 Å². The van der Waals surface area contributed by atoms with Crippen molar-refractivity contribution in [1.82, 2.24) is 9.97 Å². The number of imidazole rings is 1. The smallest absolute Gasteiger partial charge is 0.271 e. The van der Waals surface area contributed by atoms with E-state index in [4.69, 9.17) is 0 Å². The van der Waals surface area contributed by atoms with Crippen molar-refractivity contribution in [3.63, 3.8) is 0 Å². The molecule has 7 heteroatoms. The number of aromatic nitrogens is 2. The van der Waals surface area contributed by atoms with Crippen LogP contribution in [0, 0.1) is 10.1 Å². The second-order valence-electron chi connectivity index (χ2n) is 5.45. The Morgan fingerprint density at radius 1 is 1.04 bits per heavy atom. The lowest BCUT2D eigenvalue weighted by Crippen LogP contribution is -1.93. The Hall–Kier alpha value is -3.19. The summed E-state index contributed by atoms with van der Waals surface area (Å²) in [4.78, 5) is 30.1. The average molecular weight is 349 g/mol. The Morgan fingerprint density at radius 3 is 2.64 bits per heavy atom. The largest absolute Gasteiger partial charge is 0.332 e. The first-order chi connectivity index (χ1) is 12.1. The van der Waals surface area contributed by atoms with Crippen LogP contribution in [0.3, 0.4) is 0 Å². The van der Waals surface area contributed by atoms with Gasteiger partial charge in [-0.3, -0.25) is 14.9 Å². The molecule has 0 aliphatic heterocycles. The monoisotopic (exact) mass is 349 g/mol. The molecule has 0 unspecified atom stereocenters. The molecule has 25 heavy (non-hydrogen) atoms. The van der Waals surface area contributed by atoms with Crippen molar-refractivity contribution in [3.8, 4) is 0 Å². The van der Waals surface area contributed by atoms with Gasteiger partial charge < -0.3 is 4.98 Å². The summed E-state index contributed by atoms with van der Waals surface area (Å²) in [5, 5.41) is 13.2. The highest BCUT2D eigenvalue weighted by Gasteiger charge is 2.14.